The first-order valence-corrected chi connectivity index (χ1v) is 4.65. The van der Waals surface area contributed by atoms with E-state index in [0.717, 1.165) is 12.1 Å². The Morgan fingerprint density at radius 2 is 1.88 bits per heavy atom. The fourth-order valence-corrected chi connectivity index (χ4v) is 1.16. The summed E-state index contributed by atoms with van der Waals surface area (Å²) in [4.78, 5) is 21.8. The lowest BCUT2D eigenvalue weighted by atomic mass is 10.2. The van der Waals surface area contributed by atoms with Crippen LogP contribution in [-0.2, 0) is 9.59 Å². The summed E-state index contributed by atoms with van der Waals surface area (Å²) >= 11 is 0. The maximum atomic E-state index is 13.3. The van der Waals surface area contributed by atoms with Gasteiger partial charge in [0.2, 0.25) is 5.91 Å². The highest BCUT2D eigenvalue weighted by Gasteiger charge is 2.11. The second-order valence-electron chi connectivity index (χ2n) is 3.51. The Morgan fingerprint density at radius 1 is 1.25 bits per heavy atom. The van der Waals surface area contributed by atoms with Crippen LogP contribution in [0.5, 0.6) is 0 Å². The smallest absolute Gasteiger partial charge is 0.231 e. The quantitative estimate of drug-likeness (QED) is 0.804. The Labute approximate surface area is 91.5 Å². The molecular formula is C11H11F2NO2. The summed E-state index contributed by atoms with van der Waals surface area (Å²) in [5.74, 6) is -2.34. The predicted octanol–water partition coefficient (Wildman–Crippen LogP) is 2.19. The molecule has 0 aliphatic rings. The Morgan fingerprint density at radius 3 is 2.44 bits per heavy atom. The van der Waals surface area contributed by atoms with E-state index >= 15 is 0 Å². The molecule has 0 saturated heterocycles. The Balaban J connectivity index is 2.85. The normalized spacial score (nSPS) is 10.0. The van der Waals surface area contributed by atoms with Crippen molar-refractivity contribution in [3.8, 4) is 0 Å². The molecule has 0 unspecified atom stereocenters. The van der Waals surface area contributed by atoms with Crippen LogP contribution in [0.1, 0.15) is 18.9 Å². The molecule has 0 bridgehead atoms. The van der Waals surface area contributed by atoms with Gasteiger partial charge in [-0.2, -0.15) is 0 Å². The maximum absolute atomic E-state index is 13.3. The van der Waals surface area contributed by atoms with Gasteiger partial charge in [-0.05, 0) is 25.5 Å². The van der Waals surface area contributed by atoms with Crippen molar-refractivity contribution in [3.05, 3.63) is 29.3 Å². The number of hydrogen-bond acceptors (Lipinski definition) is 2. The summed E-state index contributed by atoms with van der Waals surface area (Å²) in [7, 11) is 0. The number of rotatable bonds is 3. The highest BCUT2D eigenvalue weighted by Crippen LogP contribution is 2.18. The van der Waals surface area contributed by atoms with Crippen LogP contribution in [0.15, 0.2) is 12.1 Å². The number of carbonyl (C=O) groups is 2. The maximum Gasteiger partial charge on any atom is 0.231 e. The van der Waals surface area contributed by atoms with Crippen LogP contribution < -0.4 is 5.32 Å². The average molecular weight is 227 g/mol. The number of anilines is 1. The molecule has 0 heterocycles. The molecule has 0 saturated carbocycles. The van der Waals surface area contributed by atoms with Crippen LogP contribution in [0.25, 0.3) is 0 Å². The van der Waals surface area contributed by atoms with Gasteiger partial charge in [0.05, 0.1) is 12.1 Å². The molecule has 3 nitrogen and oxygen atoms in total. The molecule has 16 heavy (non-hydrogen) atoms. The minimum atomic E-state index is -0.726. The van der Waals surface area contributed by atoms with Crippen molar-refractivity contribution >= 4 is 17.4 Å². The van der Waals surface area contributed by atoms with Crippen LogP contribution >= 0.6 is 0 Å². The molecule has 1 rings (SSSR count). The van der Waals surface area contributed by atoms with E-state index in [1.807, 2.05) is 0 Å². The molecule has 86 valence electrons. The van der Waals surface area contributed by atoms with Crippen molar-refractivity contribution in [2.45, 2.75) is 20.3 Å². The monoisotopic (exact) mass is 227 g/mol. The van der Waals surface area contributed by atoms with Gasteiger partial charge in [0.15, 0.2) is 0 Å². The first-order valence-electron chi connectivity index (χ1n) is 4.65. The van der Waals surface area contributed by atoms with Crippen molar-refractivity contribution < 1.29 is 18.4 Å². The fourth-order valence-electron chi connectivity index (χ4n) is 1.16. The van der Waals surface area contributed by atoms with Crippen LogP contribution in [-0.4, -0.2) is 11.7 Å². The zero-order valence-corrected chi connectivity index (χ0v) is 8.93. The molecule has 0 aliphatic carbocycles. The summed E-state index contributed by atoms with van der Waals surface area (Å²) < 4.78 is 26.3. The first kappa shape index (κ1) is 12.3. The van der Waals surface area contributed by atoms with E-state index in [-0.39, 0.29) is 23.5 Å². The Bertz CT molecular complexity index is 444. The van der Waals surface area contributed by atoms with Crippen LogP contribution in [0, 0.1) is 18.6 Å². The highest BCUT2D eigenvalue weighted by molar-refractivity contribution is 6.03. The Hall–Kier alpha value is -1.78. The van der Waals surface area contributed by atoms with Gasteiger partial charge in [-0.3, -0.25) is 9.59 Å². The van der Waals surface area contributed by atoms with Crippen LogP contribution in [0.3, 0.4) is 0 Å². The van der Waals surface area contributed by atoms with Gasteiger partial charge in [0.25, 0.3) is 0 Å². The van der Waals surface area contributed by atoms with Gasteiger partial charge in [-0.15, -0.1) is 0 Å². The zero-order chi connectivity index (χ0) is 12.3. The molecule has 0 fully saturated rings. The lowest BCUT2D eigenvalue weighted by Gasteiger charge is -2.06. The second-order valence-corrected chi connectivity index (χ2v) is 3.51. The van der Waals surface area contributed by atoms with Gasteiger partial charge in [0.1, 0.15) is 17.4 Å². The SMILES string of the molecule is CC(=O)CC(=O)Nc1cc(F)c(C)cc1F. The van der Waals surface area contributed by atoms with E-state index in [1.54, 1.807) is 0 Å². The summed E-state index contributed by atoms with van der Waals surface area (Å²) in [6, 6.07) is 1.88. The van der Waals surface area contributed by atoms with Crippen molar-refractivity contribution in [2.24, 2.45) is 0 Å². The van der Waals surface area contributed by atoms with Crippen molar-refractivity contribution in [1.29, 1.82) is 0 Å². The molecule has 0 spiro atoms. The minimum Gasteiger partial charge on any atom is -0.323 e. The van der Waals surface area contributed by atoms with Gasteiger partial charge < -0.3 is 5.32 Å². The standard InChI is InChI=1S/C11H11F2NO2/c1-6-3-9(13)10(5-8(6)12)14-11(16)4-7(2)15/h3,5H,4H2,1-2H3,(H,14,16). The largest absolute Gasteiger partial charge is 0.323 e. The predicted molar refractivity (Wildman–Crippen MR) is 55.0 cm³/mol. The van der Waals surface area contributed by atoms with E-state index in [2.05, 4.69) is 5.32 Å². The summed E-state index contributed by atoms with van der Waals surface area (Å²) in [6.07, 6.45) is -0.352. The molecule has 0 aliphatic heterocycles. The fraction of sp³-hybridized carbons (Fsp3) is 0.273. The highest BCUT2D eigenvalue weighted by atomic mass is 19.1. The lowest BCUT2D eigenvalue weighted by Crippen LogP contribution is -2.16. The minimum absolute atomic E-state index is 0.155. The number of nitrogens with one attached hydrogen (secondary N) is 1. The number of carbonyl (C=O) groups excluding carboxylic acids is 2. The molecule has 0 atom stereocenters. The lowest BCUT2D eigenvalue weighted by molar-refractivity contribution is -0.124. The number of amides is 1. The molecule has 1 aromatic rings. The van der Waals surface area contributed by atoms with E-state index in [1.165, 1.54) is 13.8 Å². The van der Waals surface area contributed by atoms with Crippen molar-refractivity contribution in [2.75, 3.05) is 5.32 Å². The third-order valence-electron chi connectivity index (χ3n) is 1.93. The topological polar surface area (TPSA) is 46.2 Å². The summed E-state index contributed by atoms with van der Waals surface area (Å²) in [5.41, 5.74) is -0.101. The molecule has 1 N–H and O–H groups in total. The average Bonchev–Trinajstić information content (AvgIpc) is 2.12. The molecule has 0 aromatic heterocycles. The third kappa shape index (κ3) is 3.12. The van der Waals surface area contributed by atoms with Crippen molar-refractivity contribution in [3.63, 3.8) is 0 Å². The summed E-state index contributed by atoms with van der Waals surface area (Å²) in [5, 5.41) is 2.13. The van der Waals surface area contributed by atoms with E-state index in [9.17, 15) is 18.4 Å². The molecule has 1 amide bonds. The van der Waals surface area contributed by atoms with E-state index in [4.69, 9.17) is 0 Å². The molecule has 0 radical (unpaired) electrons. The van der Waals surface area contributed by atoms with Gasteiger partial charge in [-0.1, -0.05) is 0 Å². The first-order chi connectivity index (χ1) is 7.40. The second kappa shape index (κ2) is 4.83. The summed E-state index contributed by atoms with van der Waals surface area (Å²) in [6.45, 7) is 2.66. The van der Waals surface area contributed by atoms with Gasteiger partial charge in [-0.25, -0.2) is 8.78 Å². The van der Waals surface area contributed by atoms with Gasteiger partial charge >= 0.3 is 0 Å². The van der Waals surface area contributed by atoms with Gasteiger partial charge in [0, 0.05) is 6.07 Å². The molecule has 5 heteroatoms. The number of halogens is 2. The number of aryl methyl sites for hydroxylation is 1. The molecular weight excluding hydrogens is 216 g/mol. The number of ketones is 1. The zero-order valence-electron chi connectivity index (χ0n) is 8.93. The van der Waals surface area contributed by atoms with Crippen LogP contribution in [0.2, 0.25) is 0 Å². The number of benzene rings is 1. The van der Waals surface area contributed by atoms with Crippen molar-refractivity contribution in [1.82, 2.24) is 0 Å². The Kier molecular flexibility index (Phi) is 3.71. The van der Waals surface area contributed by atoms with E-state index in [0.29, 0.717) is 0 Å². The third-order valence-corrected chi connectivity index (χ3v) is 1.93. The molecule has 1 aromatic carbocycles. The van der Waals surface area contributed by atoms with E-state index < -0.39 is 17.5 Å². The number of Topliss-reactive ketones (excluding diaryl/α,β-unsaturated/α-hetero) is 1. The van der Waals surface area contributed by atoms with Crippen LogP contribution in [0.4, 0.5) is 14.5 Å². The number of hydrogen-bond donors (Lipinski definition) is 1.